The molecule has 0 bridgehead atoms. The molecule has 19 heavy (non-hydrogen) atoms. The molecule has 0 aliphatic carbocycles. The summed E-state index contributed by atoms with van der Waals surface area (Å²) >= 11 is 0. The van der Waals surface area contributed by atoms with E-state index in [1.165, 1.54) is 12.0 Å². The number of ether oxygens (including phenoxy) is 1. The van der Waals surface area contributed by atoms with Crippen molar-refractivity contribution in [3.63, 3.8) is 0 Å². The van der Waals surface area contributed by atoms with Gasteiger partial charge in [0, 0.05) is 6.04 Å². The summed E-state index contributed by atoms with van der Waals surface area (Å²) in [4.78, 5) is 0. The van der Waals surface area contributed by atoms with E-state index in [-0.39, 0.29) is 5.60 Å². The van der Waals surface area contributed by atoms with E-state index in [1.807, 2.05) is 0 Å². The molecule has 0 saturated carbocycles. The molecular formula is C16H26N2O. The number of anilines is 1. The highest BCUT2D eigenvalue weighted by Gasteiger charge is 2.25. The van der Waals surface area contributed by atoms with E-state index in [0.29, 0.717) is 6.04 Å². The Morgan fingerprint density at radius 3 is 2.95 bits per heavy atom. The summed E-state index contributed by atoms with van der Waals surface area (Å²) in [5.41, 5.74) is 2.36. The van der Waals surface area contributed by atoms with Gasteiger partial charge in [0.15, 0.2) is 0 Å². The zero-order valence-corrected chi connectivity index (χ0v) is 12.5. The van der Waals surface area contributed by atoms with Gasteiger partial charge in [0.2, 0.25) is 0 Å². The van der Waals surface area contributed by atoms with Gasteiger partial charge in [0.1, 0.15) is 11.4 Å². The standard InChI is InChI=1S/C16H26N2O/c1-5-12(2)17-9-8-13-6-7-15-14(10-13)18-11-16(3,4)19-15/h6-7,10,12,17-18H,5,8-9,11H2,1-4H3. The molecule has 1 aromatic carbocycles. The van der Waals surface area contributed by atoms with Crippen LogP contribution in [0.15, 0.2) is 18.2 Å². The Labute approximate surface area is 116 Å². The van der Waals surface area contributed by atoms with Gasteiger partial charge in [-0.15, -0.1) is 0 Å². The van der Waals surface area contributed by atoms with Crippen molar-refractivity contribution in [2.45, 2.75) is 52.2 Å². The molecule has 1 aliphatic heterocycles. The molecule has 0 spiro atoms. The minimum absolute atomic E-state index is 0.118. The molecule has 1 unspecified atom stereocenters. The monoisotopic (exact) mass is 262 g/mol. The number of hydrogen-bond donors (Lipinski definition) is 2. The van der Waals surface area contributed by atoms with Crippen LogP contribution in [0.4, 0.5) is 5.69 Å². The van der Waals surface area contributed by atoms with Gasteiger partial charge in [-0.25, -0.2) is 0 Å². The lowest BCUT2D eigenvalue weighted by molar-refractivity contribution is 0.116. The van der Waals surface area contributed by atoms with Gasteiger partial charge in [-0.3, -0.25) is 0 Å². The molecule has 0 saturated heterocycles. The van der Waals surface area contributed by atoms with Crippen molar-refractivity contribution < 1.29 is 4.74 Å². The van der Waals surface area contributed by atoms with Gasteiger partial charge in [0.05, 0.1) is 12.2 Å². The van der Waals surface area contributed by atoms with E-state index in [1.54, 1.807) is 0 Å². The Morgan fingerprint density at radius 1 is 1.42 bits per heavy atom. The molecule has 2 N–H and O–H groups in total. The van der Waals surface area contributed by atoms with Crippen molar-refractivity contribution in [2.24, 2.45) is 0 Å². The predicted molar refractivity (Wildman–Crippen MR) is 81.1 cm³/mol. The third-order valence-electron chi connectivity index (χ3n) is 3.65. The molecule has 1 aliphatic rings. The van der Waals surface area contributed by atoms with E-state index in [9.17, 15) is 0 Å². The molecule has 3 nitrogen and oxygen atoms in total. The fourth-order valence-electron chi connectivity index (χ4n) is 2.21. The summed E-state index contributed by atoms with van der Waals surface area (Å²) < 4.78 is 5.96. The summed E-state index contributed by atoms with van der Waals surface area (Å²) in [5, 5.41) is 6.98. The van der Waals surface area contributed by atoms with Crippen LogP contribution in [0.5, 0.6) is 5.75 Å². The van der Waals surface area contributed by atoms with E-state index in [4.69, 9.17) is 4.74 Å². The Kier molecular flexibility index (Phi) is 4.35. The second-order valence-electron chi connectivity index (χ2n) is 6.06. The maximum atomic E-state index is 5.96. The minimum Gasteiger partial charge on any atom is -0.484 e. The zero-order valence-electron chi connectivity index (χ0n) is 12.5. The van der Waals surface area contributed by atoms with Crippen molar-refractivity contribution in [3.05, 3.63) is 23.8 Å². The maximum absolute atomic E-state index is 5.96. The molecule has 2 rings (SSSR count). The lowest BCUT2D eigenvalue weighted by Crippen LogP contribution is -2.40. The van der Waals surface area contributed by atoms with Gasteiger partial charge < -0.3 is 15.4 Å². The molecule has 0 amide bonds. The molecule has 0 fully saturated rings. The molecular weight excluding hydrogens is 236 g/mol. The van der Waals surface area contributed by atoms with E-state index >= 15 is 0 Å². The van der Waals surface area contributed by atoms with Crippen LogP contribution in [0, 0.1) is 0 Å². The van der Waals surface area contributed by atoms with Gasteiger partial charge in [0.25, 0.3) is 0 Å². The topological polar surface area (TPSA) is 33.3 Å². The largest absolute Gasteiger partial charge is 0.484 e. The summed E-state index contributed by atoms with van der Waals surface area (Å²) in [6.45, 7) is 10.5. The van der Waals surface area contributed by atoms with Crippen LogP contribution in [0.25, 0.3) is 0 Å². The fourth-order valence-corrected chi connectivity index (χ4v) is 2.21. The molecule has 106 valence electrons. The molecule has 1 atom stereocenters. The lowest BCUT2D eigenvalue weighted by Gasteiger charge is -2.33. The molecule has 3 heteroatoms. The highest BCUT2D eigenvalue weighted by molar-refractivity contribution is 5.60. The summed E-state index contributed by atoms with van der Waals surface area (Å²) in [6, 6.07) is 7.06. The van der Waals surface area contributed by atoms with E-state index < -0.39 is 0 Å². The highest BCUT2D eigenvalue weighted by Crippen LogP contribution is 2.33. The van der Waals surface area contributed by atoms with Crippen molar-refractivity contribution in [1.29, 1.82) is 0 Å². The first-order chi connectivity index (χ1) is 9.00. The molecule has 0 aromatic heterocycles. The fraction of sp³-hybridized carbons (Fsp3) is 0.625. The van der Waals surface area contributed by atoms with Crippen LogP contribution in [-0.2, 0) is 6.42 Å². The van der Waals surface area contributed by atoms with Crippen LogP contribution < -0.4 is 15.4 Å². The number of nitrogens with one attached hydrogen (secondary N) is 2. The Hall–Kier alpha value is -1.22. The maximum Gasteiger partial charge on any atom is 0.143 e. The average Bonchev–Trinajstić information content (AvgIpc) is 2.38. The van der Waals surface area contributed by atoms with Crippen LogP contribution in [-0.4, -0.2) is 24.7 Å². The van der Waals surface area contributed by atoms with Crippen molar-refractivity contribution in [2.75, 3.05) is 18.4 Å². The van der Waals surface area contributed by atoms with Gasteiger partial charge >= 0.3 is 0 Å². The smallest absolute Gasteiger partial charge is 0.143 e. The zero-order chi connectivity index (χ0) is 13.9. The van der Waals surface area contributed by atoms with Crippen LogP contribution >= 0.6 is 0 Å². The third kappa shape index (κ3) is 3.87. The van der Waals surface area contributed by atoms with Crippen molar-refractivity contribution in [1.82, 2.24) is 5.32 Å². The Morgan fingerprint density at radius 2 is 2.21 bits per heavy atom. The Bertz CT molecular complexity index is 429. The SMILES string of the molecule is CCC(C)NCCc1ccc2c(c1)NCC(C)(C)O2. The first kappa shape index (κ1) is 14.2. The summed E-state index contributed by atoms with van der Waals surface area (Å²) in [5.74, 6) is 0.967. The van der Waals surface area contributed by atoms with Gasteiger partial charge in [-0.05, 0) is 57.9 Å². The Balaban J connectivity index is 1.94. The average molecular weight is 262 g/mol. The van der Waals surface area contributed by atoms with E-state index in [0.717, 1.165) is 30.9 Å². The van der Waals surface area contributed by atoms with Crippen molar-refractivity contribution in [3.8, 4) is 5.75 Å². The third-order valence-corrected chi connectivity index (χ3v) is 3.65. The number of hydrogen-bond acceptors (Lipinski definition) is 3. The molecule has 1 heterocycles. The first-order valence-corrected chi connectivity index (χ1v) is 7.29. The number of rotatable bonds is 5. The number of fused-ring (bicyclic) bond motifs is 1. The molecule has 0 radical (unpaired) electrons. The normalized spacial score (nSPS) is 18.1. The quantitative estimate of drug-likeness (QED) is 0.855. The lowest BCUT2D eigenvalue weighted by atomic mass is 10.0. The van der Waals surface area contributed by atoms with Crippen LogP contribution in [0.3, 0.4) is 0 Å². The first-order valence-electron chi connectivity index (χ1n) is 7.29. The van der Waals surface area contributed by atoms with Crippen LogP contribution in [0.2, 0.25) is 0 Å². The predicted octanol–water partition coefficient (Wildman–Crippen LogP) is 3.20. The van der Waals surface area contributed by atoms with Gasteiger partial charge in [-0.1, -0.05) is 13.0 Å². The number of benzene rings is 1. The summed E-state index contributed by atoms with van der Waals surface area (Å²) in [7, 11) is 0. The minimum atomic E-state index is -0.118. The second kappa shape index (κ2) is 5.83. The van der Waals surface area contributed by atoms with Crippen LogP contribution in [0.1, 0.15) is 39.7 Å². The van der Waals surface area contributed by atoms with Gasteiger partial charge in [-0.2, -0.15) is 0 Å². The highest BCUT2D eigenvalue weighted by atomic mass is 16.5. The van der Waals surface area contributed by atoms with Crippen molar-refractivity contribution >= 4 is 5.69 Å². The molecule has 1 aromatic rings. The van der Waals surface area contributed by atoms with E-state index in [2.05, 4.69) is 56.5 Å². The summed E-state index contributed by atoms with van der Waals surface area (Å²) in [6.07, 6.45) is 2.23. The second-order valence-corrected chi connectivity index (χ2v) is 6.06.